The summed E-state index contributed by atoms with van der Waals surface area (Å²) in [6.45, 7) is 0.138. The van der Waals surface area contributed by atoms with E-state index in [9.17, 15) is 9.90 Å². The van der Waals surface area contributed by atoms with Crippen molar-refractivity contribution in [3.05, 3.63) is 35.9 Å². The molecule has 1 rings (SSSR count). The molecule has 0 spiro atoms. The average Bonchev–Trinajstić information content (AvgIpc) is 2.29. The fraction of sp³-hybridized carbons (Fsp3) is 0.364. The van der Waals surface area contributed by atoms with E-state index in [1.165, 1.54) is 0 Å². The van der Waals surface area contributed by atoms with Gasteiger partial charge >= 0.3 is 0 Å². The van der Waals surface area contributed by atoms with Crippen molar-refractivity contribution in [1.29, 1.82) is 0 Å². The minimum absolute atomic E-state index is 0.161. The summed E-state index contributed by atoms with van der Waals surface area (Å²) in [6, 6.07) is 9.67. The summed E-state index contributed by atoms with van der Waals surface area (Å²) in [5, 5.41) is 20.6. The standard InChI is InChI=1S/C11H15NO3/c13-8-11(15)10(14)7-12-6-9-4-2-1-3-5-9/h1-5,10,12-14H,6-8H2. The molecule has 0 heterocycles. The van der Waals surface area contributed by atoms with Crippen LogP contribution in [0, 0.1) is 0 Å². The number of aliphatic hydroxyl groups is 2. The zero-order chi connectivity index (χ0) is 11.1. The maximum Gasteiger partial charge on any atom is 0.187 e. The highest BCUT2D eigenvalue weighted by atomic mass is 16.3. The van der Waals surface area contributed by atoms with Crippen LogP contribution in [0.5, 0.6) is 0 Å². The van der Waals surface area contributed by atoms with Crippen LogP contribution in [0.25, 0.3) is 0 Å². The van der Waals surface area contributed by atoms with Crippen molar-refractivity contribution in [3.63, 3.8) is 0 Å². The highest BCUT2D eigenvalue weighted by molar-refractivity contribution is 5.83. The Morgan fingerprint density at radius 1 is 1.33 bits per heavy atom. The third kappa shape index (κ3) is 4.20. The fourth-order valence-corrected chi connectivity index (χ4v) is 1.17. The van der Waals surface area contributed by atoms with Crippen LogP contribution in [-0.4, -0.2) is 35.3 Å². The molecule has 0 saturated heterocycles. The molecule has 0 aromatic heterocycles. The predicted octanol–water partition coefficient (Wildman–Crippen LogP) is -0.302. The second-order valence-electron chi connectivity index (χ2n) is 3.26. The Morgan fingerprint density at radius 2 is 2.00 bits per heavy atom. The number of aliphatic hydroxyl groups excluding tert-OH is 2. The van der Waals surface area contributed by atoms with Crippen LogP contribution in [0.15, 0.2) is 30.3 Å². The summed E-state index contributed by atoms with van der Waals surface area (Å²) in [5.74, 6) is -0.560. The van der Waals surface area contributed by atoms with E-state index in [2.05, 4.69) is 5.32 Å². The van der Waals surface area contributed by atoms with Crippen LogP contribution in [-0.2, 0) is 11.3 Å². The first kappa shape index (κ1) is 11.8. The number of hydrogen-bond acceptors (Lipinski definition) is 4. The molecular weight excluding hydrogens is 194 g/mol. The van der Waals surface area contributed by atoms with E-state index in [4.69, 9.17) is 5.11 Å². The van der Waals surface area contributed by atoms with Crippen molar-refractivity contribution >= 4 is 5.78 Å². The lowest BCUT2D eigenvalue weighted by atomic mass is 10.2. The summed E-state index contributed by atoms with van der Waals surface area (Å²) >= 11 is 0. The second kappa shape index (κ2) is 6.29. The number of rotatable bonds is 6. The summed E-state index contributed by atoms with van der Waals surface area (Å²) in [4.78, 5) is 10.8. The van der Waals surface area contributed by atoms with Gasteiger partial charge in [-0.05, 0) is 5.56 Å². The number of nitrogens with one attached hydrogen (secondary N) is 1. The number of hydrogen-bond donors (Lipinski definition) is 3. The number of Topliss-reactive ketones (excluding diaryl/α,β-unsaturated/α-hetero) is 1. The maximum absolute atomic E-state index is 10.8. The zero-order valence-corrected chi connectivity index (χ0v) is 8.39. The Kier molecular flexibility index (Phi) is 4.97. The van der Waals surface area contributed by atoms with Crippen LogP contribution >= 0.6 is 0 Å². The average molecular weight is 209 g/mol. The lowest BCUT2D eigenvalue weighted by Crippen LogP contribution is -2.34. The van der Waals surface area contributed by atoms with Gasteiger partial charge in [0.1, 0.15) is 12.7 Å². The van der Waals surface area contributed by atoms with Gasteiger partial charge in [-0.2, -0.15) is 0 Å². The minimum atomic E-state index is -1.13. The molecule has 0 aliphatic rings. The van der Waals surface area contributed by atoms with Crippen molar-refractivity contribution in [2.45, 2.75) is 12.6 Å². The molecular formula is C11H15NO3. The van der Waals surface area contributed by atoms with E-state index in [-0.39, 0.29) is 6.54 Å². The van der Waals surface area contributed by atoms with Crippen molar-refractivity contribution in [3.8, 4) is 0 Å². The lowest BCUT2D eigenvalue weighted by Gasteiger charge is -2.09. The van der Waals surface area contributed by atoms with Crippen molar-refractivity contribution in [1.82, 2.24) is 5.32 Å². The Balaban J connectivity index is 2.25. The number of carbonyl (C=O) groups excluding carboxylic acids is 1. The molecule has 1 atom stereocenters. The third-order valence-electron chi connectivity index (χ3n) is 2.04. The molecule has 0 aliphatic heterocycles. The third-order valence-corrected chi connectivity index (χ3v) is 2.04. The molecule has 0 radical (unpaired) electrons. The number of carbonyl (C=O) groups is 1. The predicted molar refractivity (Wildman–Crippen MR) is 56.2 cm³/mol. The van der Waals surface area contributed by atoms with Gasteiger partial charge < -0.3 is 15.5 Å². The number of benzene rings is 1. The molecule has 0 saturated carbocycles. The van der Waals surface area contributed by atoms with E-state index in [0.29, 0.717) is 6.54 Å². The summed E-state index contributed by atoms with van der Waals surface area (Å²) < 4.78 is 0. The van der Waals surface area contributed by atoms with E-state index in [0.717, 1.165) is 5.56 Å². The molecule has 0 aliphatic carbocycles. The van der Waals surface area contributed by atoms with E-state index in [1.54, 1.807) is 0 Å². The highest BCUT2D eigenvalue weighted by Gasteiger charge is 2.12. The van der Waals surface area contributed by atoms with Gasteiger partial charge in [-0.1, -0.05) is 30.3 Å². The first-order valence-corrected chi connectivity index (χ1v) is 4.80. The van der Waals surface area contributed by atoms with Crippen LogP contribution in [0.4, 0.5) is 0 Å². The quantitative estimate of drug-likeness (QED) is 0.601. The fourth-order valence-electron chi connectivity index (χ4n) is 1.17. The molecule has 3 N–H and O–H groups in total. The second-order valence-corrected chi connectivity index (χ2v) is 3.26. The lowest BCUT2D eigenvalue weighted by molar-refractivity contribution is -0.129. The van der Waals surface area contributed by atoms with Gasteiger partial charge in [0.25, 0.3) is 0 Å². The minimum Gasteiger partial charge on any atom is -0.388 e. The van der Waals surface area contributed by atoms with Crippen molar-refractivity contribution in [2.24, 2.45) is 0 Å². The highest BCUT2D eigenvalue weighted by Crippen LogP contribution is 1.97. The van der Waals surface area contributed by atoms with Gasteiger partial charge in [0, 0.05) is 13.1 Å². The van der Waals surface area contributed by atoms with Crippen molar-refractivity contribution in [2.75, 3.05) is 13.2 Å². The van der Waals surface area contributed by atoms with Gasteiger partial charge in [0.2, 0.25) is 0 Å². The number of ketones is 1. The van der Waals surface area contributed by atoms with Crippen LogP contribution < -0.4 is 5.32 Å². The molecule has 4 heteroatoms. The molecule has 1 aromatic rings. The Morgan fingerprint density at radius 3 is 2.60 bits per heavy atom. The SMILES string of the molecule is O=C(CO)C(O)CNCc1ccccc1. The summed E-state index contributed by atoms with van der Waals surface area (Å²) in [7, 11) is 0. The van der Waals surface area contributed by atoms with E-state index < -0.39 is 18.5 Å². The molecule has 1 unspecified atom stereocenters. The maximum atomic E-state index is 10.8. The molecule has 4 nitrogen and oxygen atoms in total. The van der Waals surface area contributed by atoms with E-state index in [1.807, 2.05) is 30.3 Å². The van der Waals surface area contributed by atoms with Gasteiger partial charge in [-0.25, -0.2) is 0 Å². The Hall–Kier alpha value is -1.23. The molecule has 0 fully saturated rings. The Labute approximate surface area is 88.6 Å². The van der Waals surface area contributed by atoms with Gasteiger partial charge in [-0.15, -0.1) is 0 Å². The van der Waals surface area contributed by atoms with Crippen LogP contribution in [0.1, 0.15) is 5.56 Å². The monoisotopic (exact) mass is 209 g/mol. The Bertz CT molecular complexity index is 300. The van der Waals surface area contributed by atoms with Gasteiger partial charge in [0.05, 0.1) is 0 Å². The molecule has 0 bridgehead atoms. The molecule has 15 heavy (non-hydrogen) atoms. The van der Waals surface area contributed by atoms with Crippen LogP contribution in [0.3, 0.4) is 0 Å². The van der Waals surface area contributed by atoms with Crippen molar-refractivity contribution < 1.29 is 15.0 Å². The normalized spacial score (nSPS) is 12.4. The van der Waals surface area contributed by atoms with Gasteiger partial charge in [0.15, 0.2) is 5.78 Å². The topological polar surface area (TPSA) is 69.6 Å². The van der Waals surface area contributed by atoms with Crippen LogP contribution in [0.2, 0.25) is 0 Å². The first-order valence-electron chi connectivity index (χ1n) is 4.80. The van der Waals surface area contributed by atoms with Gasteiger partial charge in [-0.3, -0.25) is 4.79 Å². The molecule has 82 valence electrons. The molecule has 1 aromatic carbocycles. The zero-order valence-electron chi connectivity index (χ0n) is 8.39. The summed E-state index contributed by atoms with van der Waals surface area (Å²) in [6.07, 6.45) is -1.13. The smallest absolute Gasteiger partial charge is 0.187 e. The largest absolute Gasteiger partial charge is 0.388 e. The first-order chi connectivity index (χ1) is 7.24. The summed E-state index contributed by atoms with van der Waals surface area (Å²) in [5.41, 5.74) is 1.08. The van der Waals surface area contributed by atoms with E-state index >= 15 is 0 Å². The molecule has 0 amide bonds.